The number of urea groups is 1. The molecule has 0 radical (unpaired) electrons. The summed E-state index contributed by atoms with van der Waals surface area (Å²) in [6, 6.07) is 12.0. The van der Waals surface area contributed by atoms with Crippen molar-refractivity contribution >= 4 is 17.4 Å². The van der Waals surface area contributed by atoms with E-state index in [0.29, 0.717) is 31.2 Å². The van der Waals surface area contributed by atoms with Gasteiger partial charge in [0.05, 0.1) is 13.7 Å². The molecular weight excluding hydrogens is 414 g/mol. The molecule has 1 fully saturated rings. The summed E-state index contributed by atoms with van der Waals surface area (Å²) in [6.45, 7) is 12.0. The Morgan fingerprint density at radius 1 is 1.21 bits per heavy atom. The van der Waals surface area contributed by atoms with Crippen molar-refractivity contribution in [1.29, 1.82) is 0 Å². The summed E-state index contributed by atoms with van der Waals surface area (Å²) < 4.78 is 11.5. The predicted octanol–water partition coefficient (Wildman–Crippen LogP) is 6.35. The van der Waals surface area contributed by atoms with Gasteiger partial charge in [-0.3, -0.25) is 4.90 Å². The van der Waals surface area contributed by atoms with Crippen LogP contribution in [0.1, 0.15) is 50.7 Å². The third kappa shape index (κ3) is 5.81. The van der Waals surface area contributed by atoms with Crippen LogP contribution in [-0.2, 0) is 6.54 Å². The Hall–Kier alpha value is -3.15. The fourth-order valence-corrected chi connectivity index (χ4v) is 4.16. The highest BCUT2D eigenvalue weighted by atomic mass is 16.5. The molecule has 2 aromatic rings. The van der Waals surface area contributed by atoms with Crippen LogP contribution in [-0.4, -0.2) is 37.2 Å². The molecule has 33 heavy (non-hydrogen) atoms. The second-order valence-electron chi connectivity index (χ2n) is 8.53. The monoisotopic (exact) mass is 451 g/mol. The number of nitrogens with zero attached hydrogens (tertiary/aromatic N) is 2. The SMILES string of the molecule is C=CNc1cccc(CN2C(=O)N(c3ccc(OC)c(OCCCCC)c3)CC[C@H]2C)c1C. The van der Waals surface area contributed by atoms with E-state index in [1.807, 2.05) is 40.1 Å². The fourth-order valence-electron chi connectivity index (χ4n) is 4.16. The van der Waals surface area contributed by atoms with Gasteiger partial charge >= 0.3 is 6.03 Å². The fraction of sp³-hybridized carbons (Fsp3) is 0.444. The maximum atomic E-state index is 13.6. The van der Waals surface area contributed by atoms with Crippen LogP contribution in [0.25, 0.3) is 0 Å². The standard InChI is InChI=1S/C27H37N3O3/c1-6-8-9-17-33-26-18-23(13-14-25(26)32-5)29-16-15-20(3)30(27(29)31)19-22-11-10-12-24(21(22)4)28-7-2/h7,10-14,18,20,28H,2,6,8-9,15-17,19H2,1,3-5H3/t20-/m1/s1. The molecule has 2 aromatic carbocycles. The lowest BCUT2D eigenvalue weighted by Gasteiger charge is -2.40. The highest BCUT2D eigenvalue weighted by molar-refractivity contribution is 5.93. The number of unbranched alkanes of at least 4 members (excludes halogenated alkanes) is 2. The van der Waals surface area contributed by atoms with E-state index in [-0.39, 0.29) is 12.1 Å². The number of ether oxygens (including phenoxy) is 2. The van der Waals surface area contributed by atoms with Crippen molar-refractivity contribution in [3.05, 3.63) is 60.3 Å². The van der Waals surface area contributed by atoms with Crippen molar-refractivity contribution in [3.8, 4) is 11.5 Å². The summed E-state index contributed by atoms with van der Waals surface area (Å²) in [4.78, 5) is 17.4. The van der Waals surface area contributed by atoms with Crippen LogP contribution in [0, 0.1) is 6.92 Å². The van der Waals surface area contributed by atoms with E-state index in [0.717, 1.165) is 48.2 Å². The van der Waals surface area contributed by atoms with Crippen LogP contribution in [0.15, 0.2) is 49.2 Å². The summed E-state index contributed by atoms with van der Waals surface area (Å²) >= 11 is 0. The number of amides is 2. The molecule has 1 heterocycles. The van der Waals surface area contributed by atoms with Gasteiger partial charge in [-0.1, -0.05) is 38.5 Å². The average Bonchev–Trinajstić information content (AvgIpc) is 2.82. The number of anilines is 2. The van der Waals surface area contributed by atoms with Gasteiger partial charge in [-0.15, -0.1) is 0 Å². The van der Waals surface area contributed by atoms with Crippen LogP contribution in [0.2, 0.25) is 0 Å². The molecule has 3 rings (SSSR count). The Morgan fingerprint density at radius 2 is 2.03 bits per heavy atom. The molecule has 1 N–H and O–H groups in total. The molecule has 0 saturated carbocycles. The lowest BCUT2D eigenvalue weighted by Crippen LogP contribution is -2.53. The van der Waals surface area contributed by atoms with Gasteiger partial charge in [-0.25, -0.2) is 4.79 Å². The summed E-state index contributed by atoms with van der Waals surface area (Å²) in [5.74, 6) is 1.37. The minimum atomic E-state index is 0.0114. The molecule has 0 aliphatic carbocycles. The number of methoxy groups -OCH3 is 1. The Morgan fingerprint density at radius 3 is 2.76 bits per heavy atom. The first-order valence-corrected chi connectivity index (χ1v) is 11.8. The third-order valence-electron chi connectivity index (χ3n) is 6.29. The van der Waals surface area contributed by atoms with Crippen LogP contribution in [0.5, 0.6) is 11.5 Å². The van der Waals surface area contributed by atoms with Crippen molar-refractivity contribution in [2.24, 2.45) is 0 Å². The van der Waals surface area contributed by atoms with Gasteiger partial charge in [0.15, 0.2) is 11.5 Å². The molecule has 1 atom stereocenters. The van der Waals surface area contributed by atoms with E-state index < -0.39 is 0 Å². The van der Waals surface area contributed by atoms with Gasteiger partial charge < -0.3 is 19.7 Å². The molecule has 1 saturated heterocycles. The van der Waals surface area contributed by atoms with Crippen LogP contribution in [0.4, 0.5) is 16.2 Å². The molecule has 1 aliphatic heterocycles. The van der Waals surface area contributed by atoms with Crippen LogP contribution in [0.3, 0.4) is 0 Å². The first-order chi connectivity index (χ1) is 16.0. The zero-order chi connectivity index (χ0) is 23.8. The van der Waals surface area contributed by atoms with E-state index in [1.165, 1.54) is 0 Å². The first kappa shape index (κ1) is 24.5. The molecule has 0 bridgehead atoms. The van der Waals surface area contributed by atoms with Gasteiger partial charge in [0.2, 0.25) is 0 Å². The second-order valence-corrected chi connectivity index (χ2v) is 8.53. The average molecular weight is 452 g/mol. The predicted molar refractivity (Wildman–Crippen MR) is 135 cm³/mol. The van der Waals surface area contributed by atoms with E-state index in [4.69, 9.17) is 9.47 Å². The molecule has 6 heteroatoms. The van der Waals surface area contributed by atoms with Crippen molar-refractivity contribution < 1.29 is 14.3 Å². The molecule has 0 spiro atoms. The zero-order valence-corrected chi connectivity index (χ0v) is 20.4. The molecule has 6 nitrogen and oxygen atoms in total. The second kappa shape index (κ2) is 11.6. The van der Waals surface area contributed by atoms with Crippen LogP contribution >= 0.6 is 0 Å². The molecule has 1 aliphatic rings. The molecule has 0 aromatic heterocycles. The summed E-state index contributed by atoms with van der Waals surface area (Å²) in [6.07, 6.45) is 5.84. The topological polar surface area (TPSA) is 54.0 Å². The number of hydrogen-bond acceptors (Lipinski definition) is 4. The van der Waals surface area contributed by atoms with Crippen molar-refractivity contribution in [2.75, 3.05) is 30.5 Å². The molecular formula is C27H37N3O3. The summed E-state index contributed by atoms with van der Waals surface area (Å²) in [5.41, 5.74) is 4.10. The number of hydrogen-bond donors (Lipinski definition) is 1. The Balaban J connectivity index is 1.81. The number of benzene rings is 2. The summed E-state index contributed by atoms with van der Waals surface area (Å²) in [5, 5.41) is 3.18. The van der Waals surface area contributed by atoms with Crippen molar-refractivity contribution in [2.45, 2.75) is 59.0 Å². The van der Waals surface area contributed by atoms with Gasteiger partial charge in [0.1, 0.15) is 0 Å². The number of nitrogens with one attached hydrogen (secondary N) is 1. The maximum Gasteiger partial charge on any atom is 0.325 e. The van der Waals surface area contributed by atoms with Gasteiger partial charge in [0, 0.05) is 36.6 Å². The Bertz CT molecular complexity index is 960. The maximum absolute atomic E-state index is 13.6. The van der Waals surface area contributed by atoms with Gasteiger partial charge in [-0.2, -0.15) is 0 Å². The van der Waals surface area contributed by atoms with E-state index in [1.54, 1.807) is 13.3 Å². The van der Waals surface area contributed by atoms with Gasteiger partial charge in [-0.05, 0) is 62.2 Å². The minimum Gasteiger partial charge on any atom is -0.493 e. The minimum absolute atomic E-state index is 0.0114. The lowest BCUT2D eigenvalue weighted by molar-refractivity contribution is 0.166. The third-order valence-corrected chi connectivity index (χ3v) is 6.29. The zero-order valence-electron chi connectivity index (χ0n) is 20.4. The Kier molecular flexibility index (Phi) is 8.64. The van der Waals surface area contributed by atoms with Gasteiger partial charge in [0.25, 0.3) is 0 Å². The molecule has 0 unspecified atom stereocenters. The highest BCUT2D eigenvalue weighted by Crippen LogP contribution is 2.34. The van der Waals surface area contributed by atoms with E-state index in [9.17, 15) is 4.79 Å². The lowest BCUT2D eigenvalue weighted by atomic mass is 10.0. The highest BCUT2D eigenvalue weighted by Gasteiger charge is 2.32. The van der Waals surface area contributed by atoms with E-state index in [2.05, 4.69) is 38.7 Å². The first-order valence-electron chi connectivity index (χ1n) is 11.8. The van der Waals surface area contributed by atoms with Crippen LogP contribution < -0.4 is 19.7 Å². The van der Waals surface area contributed by atoms with Crippen molar-refractivity contribution in [1.82, 2.24) is 4.90 Å². The normalized spacial score (nSPS) is 16.0. The number of carbonyl (C=O) groups is 1. The number of rotatable bonds is 11. The number of carbonyl (C=O) groups excluding carboxylic acids is 1. The largest absolute Gasteiger partial charge is 0.493 e. The Labute approximate surface area is 198 Å². The van der Waals surface area contributed by atoms with Crippen molar-refractivity contribution in [3.63, 3.8) is 0 Å². The molecule has 178 valence electrons. The quantitative estimate of drug-likeness (QED) is 0.405. The smallest absolute Gasteiger partial charge is 0.325 e. The molecule has 2 amide bonds. The summed E-state index contributed by atoms with van der Waals surface area (Å²) in [7, 11) is 1.64. The van der Waals surface area contributed by atoms with E-state index >= 15 is 0 Å².